The summed E-state index contributed by atoms with van der Waals surface area (Å²) >= 11 is 0. The van der Waals surface area contributed by atoms with Crippen molar-refractivity contribution >= 4 is 11.6 Å². The van der Waals surface area contributed by atoms with E-state index in [9.17, 15) is 4.79 Å². The van der Waals surface area contributed by atoms with Crippen LogP contribution in [0.1, 0.15) is 37.2 Å². The summed E-state index contributed by atoms with van der Waals surface area (Å²) in [6, 6.07) is 7.68. The lowest BCUT2D eigenvalue weighted by Crippen LogP contribution is -2.24. The third kappa shape index (κ3) is 4.30. The summed E-state index contributed by atoms with van der Waals surface area (Å²) in [7, 11) is 0. The number of carbonyl (C=O) groups is 1. The molecule has 0 aliphatic heterocycles. The second kappa shape index (κ2) is 6.88. The minimum Gasteiger partial charge on any atom is -0.374 e. The highest BCUT2D eigenvalue weighted by molar-refractivity contribution is 5.78. The number of rotatable bonds is 6. The number of anilines is 1. The van der Waals surface area contributed by atoms with Gasteiger partial charge < -0.3 is 15.2 Å². The van der Waals surface area contributed by atoms with Crippen LogP contribution < -0.4 is 10.6 Å². The van der Waals surface area contributed by atoms with Gasteiger partial charge in [-0.05, 0) is 38.5 Å². The standard InChI is InChI=1S/C15H20N4O2/c1-4-16-14(20)9-12-5-7-13(8-6-12)17-10(2)15-18-11(3)19-21-15/h5-8,10,17H,4,9H2,1-3H3,(H,16,20)/t10-/m1/s1. The zero-order valence-corrected chi connectivity index (χ0v) is 12.5. The first kappa shape index (κ1) is 15.0. The molecule has 21 heavy (non-hydrogen) atoms. The Morgan fingerprint density at radius 2 is 2.05 bits per heavy atom. The van der Waals surface area contributed by atoms with Gasteiger partial charge in [-0.2, -0.15) is 4.98 Å². The first-order valence-electron chi connectivity index (χ1n) is 7.01. The van der Waals surface area contributed by atoms with E-state index in [-0.39, 0.29) is 11.9 Å². The molecule has 0 aliphatic rings. The van der Waals surface area contributed by atoms with E-state index in [1.54, 1.807) is 6.92 Å². The number of nitrogens with zero attached hydrogens (tertiary/aromatic N) is 2. The average Bonchev–Trinajstić information content (AvgIpc) is 2.88. The van der Waals surface area contributed by atoms with E-state index in [4.69, 9.17) is 4.52 Å². The van der Waals surface area contributed by atoms with Gasteiger partial charge in [0, 0.05) is 12.2 Å². The highest BCUT2D eigenvalue weighted by Gasteiger charge is 2.12. The number of carbonyl (C=O) groups excluding carboxylic acids is 1. The van der Waals surface area contributed by atoms with E-state index in [1.807, 2.05) is 38.1 Å². The van der Waals surface area contributed by atoms with Gasteiger partial charge in [-0.3, -0.25) is 4.79 Å². The van der Waals surface area contributed by atoms with Crippen LogP contribution in [0.3, 0.4) is 0 Å². The van der Waals surface area contributed by atoms with Crippen molar-refractivity contribution in [1.82, 2.24) is 15.5 Å². The smallest absolute Gasteiger partial charge is 0.248 e. The lowest BCUT2D eigenvalue weighted by atomic mass is 10.1. The van der Waals surface area contributed by atoms with Crippen LogP contribution in [0.4, 0.5) is 5.69 Å². The van der Waals surface area contributed by atoms with Crippen LogP contribution in [-0.4, -0.2) is 22.6 Å². The van der Waals surface area contributed by atoms with Gasteiger partial charge >= 0.3 is 0 Å². The van der Waals surface area contributed by atoms with Crippen molar-refractivity contribution in [2.75, 3.05) is 11.9 Å². The molecule has 112 valence electrons. The highest BCUT2D eigenvalue weighted by atomic mass is 16.5. The Kier molecular flexibility index (Phi) is 4.92. The molecule has 6 heteroatoms. The third-order valence-electron chi connectivity index (χ3n) is 2.99. The van der Waals surface area contributed by atoms with E-state index >= 15 is 0 Å². The molecule has 2 rings (SSSR count). The Morgan fingerprint density at radius 1 is 1.33 bits per heavy atom. The molecule has 1 aromatic heterocycles. The minimum absolute atomic E-state index is 0.0351. The molecule has 0 radical (unpaired) electrons. The molecular formula is C15H20N4O2. The first-order valence-corrected chi connectivity index (χ1v) is 7.01. The summed E-state index contributed by atoms with van der Waals surface area (Å²) in [5, 5.41) is 9.84. The maximum atomic E-state index is 11.5. The van der Waals surface area contributed by atoms with E-state index in [1.165, 1.54) is 0 Å². The van der Waals surface area contributed by atoms with Crippen molar-refractivity contribution in [2.45, 2.75) is 33.2 Å². The van der Waals surface area contributed by atoms with Crippen LogP contribution in [0.2, 0.25) is 0 Å². The fourth-order valence-corrected chi connectivity index (χ4v) is 1.96. The van der Waals surface area contributed by atoms with Crippen molar-refractivity contribution in [2.24, 2.45) is 0 Å². The van der Waals surface area contributed by atoms with Gasteiger partial charge in [0.05, 0.1) is 6.42 Å². The number of hydrogen-bond donors (Lipinski definition) is 2. The number of amides is 1. The molecule has 1 aromatic carbocycles. The van der Waals surface area contributed by atoms with Crippen LogP contribution in [0.5, 0.6) is 0 Å². The minimum atomic E-state index is -0.0690. The van der Waals surface area contributed by atoms with Crippen LogP contribution in [0.25, 0.3) is 0 Å². The van der Waals surface area contributed by atoms with Crippen molar-refractivity contribution < 1.29 is 9.32 Å². The maximum Gasteiger partial charge on any atom is 0.248 e. The first-order chi connectivity index (χ1) is 10.1. The van der Waals surface area contributed by atoms with Gasteiger partial charge in [0.25, 0.3) is 0 Å². The second-order valence-corrected chi connectivity index (χ2v) is 4.87. The number of nitrogens with one attached hydrogen (secondary N) is 2. The Bertz CT molecular complexity index is 592. The topological polar surface area (TPSA) is 80.0 Å². The van der Waals surface area contributed by atoms with Gasteiger partial charge in [0.15, 0.2) is 5.82 Å². The normalized spacial score (nSPS) is 12.0. The van der Waals surface area contributed by atoms with Crippen molar-refractivity contribution in [3.8, 4) is 0 Å². The molecule has 6 nitrogen and oxygen atoms in total. The number of aromatic nitrogens is 2. The predicted molar refractivity (Wildman–Crippen MR) is 79.9 cm³/mol. The van der Waals surface area contributed by atoms with Gasteiger partial charge in [0.1, 0.15) is 6.04 Å². The molecule has 2 aromatic rings. The van der Waals surface area contributed by atoms with Crippen LogP contribution >= 0.6 is 0 Å². The Hall–Kier alpha value is -2.37. The lowest BCUT2D eigenvalue weighted by molar-refractivity contribution is -0.120. The largest absolute Gasteiger partial charge is 0.374 e. The summed E-state index contributed by atoms with van der Waals surface area (Å²) < 4.78 is 5.12. The van der Waals surface area contributed by atoms with Crippen molar-refractivity contribution in [3.63, 3.8) is 0 Å². The maximum absolute atomic E-state index is 11.5. The molecule has 1 atom stereocenters. The van der Waals surface area contributed by atoms with E-state index in [2.05, 4.69) is 20.8 Å². The molecule has 0 aliphatic carbocycles. The number of hydrogen-bond acceptors (Lipinski definition) is 5. The summed E-state index contributed by atoms with van der Waals surface area (Å²) in [4.78, 5) is 15.7. The zero-order chi connectivity index (χ0) is 15.2. The van der Waals surface area contributed by atoms with E-state index in [0.717, 1.165) is 11.3 Å². The second-order valence-electron chi connectivity index (χ2n) is 4.87. The average molecular weight is 288 g/mol. The van der Waals surface area contributed by atoms with Crippen LogP contribution in [-0.2, 0) is 11.2 Å². The van der Waals surface area contributed by atoms with E-state index in [0.29, 0.717) is 24.7 Å². The van der Waals surface area contributed by atoms with Crippen molar-refractivity contribution in [1.29, 1.82) is 0 Å². The highest BCUT2D eigenvalue weighted by Crippen LogP contribution is 2.18. The van der Waals surface area contributed by atoms with E-state index < -0.39 is 0 Å². The molecule has 1 amide bonds. The molecule has 0 bridgehead atoms. The molecule has 0 unspecified atom stereocenters. The summed E-state index contributed by atoms with van der Waals surface area (Å²) in [5.41, 5.74) is 1.92. The molecule has 0 saturated heterocycles. The van der Waals surface area contributed by atoms with Gasteiger partial charge in [0.2, 0.25) is 11.8 Å². The predicted octanol–water partition coefficient (Wildman–Crippen LogP) is 2.23. The number of likely N-dealkylation sites (N-methyl/N-ethyl adjacent to an activating group) is 1. The summed E-state index contributed by atoms with van der Waals surface area (Å²) in [6.45, 7) is 6.30. The van der Waals surface area contributed by atoms with Gasteiger partial charge in [-0.1, -0.05) is 17.3 Å². The fourth-order valence-electron chi connectivity index (χ4n) is 1.96. The molecule has 0 fully saturated rings. The van der Waals surface area contributed by atoms with Gasteiger partial charge in [-0.15, -0.1) is 0 Å². The molecular weight excluding hydrogens is 268 g/mol. The van der Waals surface area contributed by atoms with Gasteiger partial charge in [-0.25, -0.2) is 0 Å². The lowest BCUT2D eigenvalue weighted by Gasteiger charge is -2.11. The molecule has 2 N–H and O–H groups in total. The van der Waals surface area contributed by atoms with Crippen LogP contribution in [0, 0.1) is 6.92 Å². The quantitative estimate of drug-likeness (QED) is 0.852. The monoisotopic (exact) mass is 288 g/mol. The summed E-state index contributed by atoms with van der Waals surface area (Å²) in [6.07, 6.45) is 0.395. The Balaban J connectivity index is 1.94. The molecule has 0 saturated carbocycles. The third-order valence-corrected chi connectivity index (χ3v) is 2.99. The van der Waals surface area contributed by atoms with Crippen LogP contribution in [0.15, 0.2) is 28.8 Å². The molecule has 1 heterocycles. The number of benzene rings is 1. The Morgan fingerprint density at radius 3 is 2.62 bits per heavy atom. The SMILES string of the molecule is CCNC(=O)Cc1ccc(N[C@H](C)c2nc(C)no2)cc1. The Labute approximate surface area is 123 Å². The summed E-state index contributed by atoms with van der Waals surface area (Å²) in [5.74, 6) is 1.21. The van der Waals surface area contributed by atoms with Crippen molar-refractivity contribution in [3.05, 3.63) is 41.5 Å². The fraction of sp³-hybridized carbons (Fsp3) is 0.400. The zero-order valence-electron chi connectivity index (χ0n) is 12.5. The molecule has 0 spiro atoms. The number of aryl methyl sites for hydroxylation is 1.